The van der Waals surface area contributed by atoms with E-state index in [9.17, 15) is 9.59 Å². The summed E-state index contributed by atoms with van der Waals surface area (Å²) >= 11 is 18.6. The van der Waals surface area contributed by atoms with Crippen molar-refractivity contribution >= 4 is 46.6 Å². The number of rotatable bonds is 3. The smallest absolute Gasteiger partial charge is 0.336 e. The minimum atomic E-state index is -0.618. The summed E-state index contributed by atoms with van der Waals surface area (Å²) in [6.45, 7) is 1.81. The van der Waals surface area contributed by atoms with Gasteiger partial charge in [-0.2, -0.15) is 0 Å². The van der Waals surface area contributed by atoms with E-state index in [4.69, 9.17) is 39.5 Å². The Hall–Kier alpha value is -2.27. The van der Waals surface area contributed by atoms with Crippen LogP contribution in [0.3, 0.4) is 0 Å². The summed E-state index contributed by atoms with van der Waals surface area (Å²) in [5, 5.41) is 4.83. The second-order valence-electron chi connectivity index (χ2n) is 7.73. The van der Waals surface area contributed by atoms with E-state index < -0.39 is 11.9 Å². The standard InChI is InChI=1S/C24H20Cl3NO3/c1-12-21(24(30)31-2)22(17-8-7-16(26)11-18(17)27)23-19(28-12)9-14(10-20(23)29)13-3-5-15(25)6-4-13/h3-8,11,14,22,28H,9-10H2,1-2H3. The number of hydrogen-bond donors (Lipinski definition) is 1. The molecule has 1 aliphatic heterocycles. The highest BCUT2D eigenvalue weighted by molar-refractivity contribution is 6.35. The van der Waals surface area contributed by atoms with Crippen LogP contribution in [0.4, 0.5) is 0 Å². The summed E-state index contributed by atoms with van der Waals surface area (Å²) in [4.78, 5) is 26.1. The molecule has 1 aliphatic carbocycles. The lowest BCUT2D eigenvalue weighted by molar-refractivity contribution is -0.136. The molecular weight excluding hydrogens is 457 g/mol. The fraction of sp³-hybridized carbons (Fsp3) is 0.250. The van der Waals surface area contributed by atoms with Gasteiger partial charge in [0, 0.05) is 44.4 Å². The first-order valence-electron chi connectivity index (χ1n) is 9.83. The van der Waals surface area contributed by atoms with Crippen molar-refractivity contribution in [1.82, 2.24) is 5.32 Å². The van der Waals surface area contributed by atoms with Crippen LogP contribution < -0.4 is 5.32 Å². The van der Waals surface area contributed by atoms with Gasteiger partial charge in [-0.3, -0.25) is 4.79 Å². The van der Waals surface area contributed by atoms with Gasteiger partial charge in [0.2, 0.25) is 0 Å². The molecule has 0 fully saturated rings. The number of carbonyl (C=O) groups excluding carboxylic acids is 2. The molecule has 7 heteroatoms. The molecule has 0 amide bonds. The Bertz CT molecular complexity index is 1140. The van der Waals surface area contributed by atoms with Gasteiger partial charge < -0.3 is 10.1 Å². The van der Waals surface area contributed by atoms with Crippen molar-refractivity contribution in [1.29, 1.82) is 0 Å². The van der Waals surface area contributed by atoms with Gasteiger partial charge >= 0.3 is 5.97 Å². The average molecular weight is 477 g/mol. The molecule has 0 bridgehead atoms. The molecule has 0 saturated carbocycles. The number of nitrogens with one attached hydrogen (secondary N) is 1. The van der Waals surface area contributed by atoms with Crippen LogP contribution >= 0.6 is 34.8 Å². The van der Waals surface area contributed by atoms with Crippen LogP contribution in [-0.2, 0) is 14.3 Å². The lowest BCUT2D eigenvalue weighted by Crippen LogP contribution is -2.36. The second kappa shape index (κ2) is 8.70. The number of benzene rings is 2. The molecule has 0 saturated heterocycles. The number of hydrogen-bond acceptors (Lipinski definition) is 4. The van der Waals surface area contributed by atoms with Gasteiger partial charge in [0.15, 0.2) is 5.78 Å². The molecule has 2 aromatic carbocycles. The third-order valence-corrected chi connectivity index (χ3v) is 6.66. The molecule has 2 aromatic rings. The predicted octanol–water partition coefficient (Wildman–Crippen LogP) is 6.18. The molecular formula is C24H20Cl3NO3. The number of halogens is 3. The maximum absolute atomic E-state index is 13.4. The molecule has 2 atom stereocenters. The Kier molecular flexibility index (Phi) is 6.16. The van der Waals surface area contributed by atoms with Crippen LogP contribution in [0.1, 0.15) is 42.7 Å². The highest BCUT2D eigenvalue weighted by Crippen LogP contribution is 2.47. The lowest BCUT2D eigenvalue weighted by Gasteiger charge is -2.37. The number of ketones is 1. The molecule has 31 heavy (non-hydrogen) atoms. The Morgan fingerprint density at radius 1 is 1.03 bits per heavy atom. The summed E-state index contributed by atoms with van der Waals surface area (Å²) in [6.07, 6.45) is 0.966. The topological polar surface area (TPSA) is 55.4 Å². The number of dihydropyridines is 1. The summed E-state index contributed by atoms with van der Waals surface area (Å²) < 4.78 is 5.04. The number of carbonyl (C=O) groups is 2. The quantitative estimate of drug-likeness (QED) is 0.537. The third-order valence-electron chi connectivity index (χ3n) is 5.85. The van der Waals surface area contributed by atoms with Crippen LogP contribution in [0.15, 0.2) is 65.0 Å². The third kappa shape index (κ3) is 4.12. The summed E-state index contributed by atoms with van der Waals surface area (Å²) in [7, 11) is 1.33. The number of ether oxygens (including phenoxy) is 1. The first-order valence-corrected chi connectivity index (χ1v) is 11.0. The van der Waals surface area contributed by atoms with E-state index in [0.717, 1.165) is 11.3 Å². The van der Waals surface area contributed by atoms with E-state index in [0.29, 0.717) is 50.3 Å². The molecule has 1 heterocycles. The molecule has 2 unspecified atom stereocenters. The van der Waals surface area contributed by atoms with E-state index >= 15 is 0 Å². The molecule has 4 nitrogen and oxygen atoms in total. The molecule has 0 radical (unpaired) electrons. The summed E-state index contributed by atoms with van der Waals surface area (Å²) in [5.41, 5.74) is 4.08. The van der Waals surface area contributed by atoms with E-state index in [1.165, 1.54) is 7.11 Å². The highest BCUT2D eigenvalue weighted by Gasteiger charge is 2.42. The Labute approximate surface area is 195 Å². The minimum Gasteiger partial charge on any atom is -0.466 e. The van der Waals surface area contributed by atoms with Crippen LogP contribution in [0.25, 0.3) is 0 Å². The zero-order valence-electron chi connectivity index (χ0n) is 17.0. The van der Waals surface area contributed by atoms with Gasteiger partial charge in [0.25, 0.3) is 0 Å². The minimum absolute atomic E-state index is 0.0184. The fourth-order valence-corrected chi connectivity index (χ4v) is 5.08. The van der Waals surface area contributed by atoms with Crippen LogP contribution in [0.2, 0.25) is 15.1 Å². The number of esters is 1. The van der Waals surface area contributed by atoms with Gasteiger partial charge in [0.05, 0.1) is 12.7 Å². The zero-order chi connectivity index (χ0) is 22.3. The van der Waals surface area contributed by atoms with E-state index in [-0.39, 0.29) is 11.7 Å². The van der Waals surface area contributed by atoms with E-state index in [1.54, 1.807) is 18.2 Å². The van der Waals surface area contributed by atoms with Crippen molar-refractivity contribution in [2.45, 2.75) is 31.6 Å². The van der Waals surface area contributed by atoms with Crippen LogP contribution in [0.5, 0.6) is 0 Å². The molecule has 4 rings (SSSR count). The Balaban J connectivity index is 1.83. The normalized spacial score (nSPS) is 21.0. The molecule has 0 spiro atoms. The van der Waals surface area contributed by atoms with Gasteiger partial charge in [-0.05, 0) is 54.7 Å². The number of allylic oxidation sites excluding steroid dienone is 3. The van der Waals surface area contributed by atoms with Gasteiger partial charge in [-0.15, -0.1) is 0 Å². The number of methoxy groups -OCH3 is 1. The van der Waals surface area contributed by atoms with Crippen molar-refractivity contribution in [3.05, 3.63) is 91.2 Å². The van der Waals surface area contributed by atoms with E-state index in [1.807, 2.05) is 31.2 Å². The average Bonchev–Trinajstić information content (AvgIpc) is 2.73. The van der Waals surface area contributed by atoms with Crippen molar-refractivity contribution in [2.75, 3.05) is 7.11 Å². The molecule has 2 aliphatic rings. The Morgan fingerprint density at radius 2 is 1.71 bits per heavy atom. The van der Waals surface area contributed by atoms with Gasteiger partial charge in [0.1, 0.15) is 0 Å². The Morgan fingerprint density at radius 3 is 2.35 bits per heavy atom. The maximum atomic E-state index is 13.4. The van der Waals surface area contributed by atoms with Crippen molar-refractivity contribution in [3.63, 3.8) is 0 Å². The highest BCUT2D eigenvalue weighted by atomic mass is 35.5. The summed E-state index contributed by atoms with van der Waals surface area (Å²) in [6, 6.07) is 12.6. The first-order chi connectivity index (χ1) is 14.8. The van der Waals surface area contributed by atoms with Crippen molar-refractivity contribution in [2.24, 2.45) is 0 Å². The number of Topliss-reactive ketones (excluding diaryl/α,β-unsaturated/α-hetero) is 1. The SMILES string of the molecule is COC(=O)C1=C(C)NC2=C(C(=O)CC(c3ccc(Cl)cc3)C2)C1c1ccc(Cl)cc1Cl. The maximum Gasteiger partial charge on any atom is 0.336 e. The van der Waals surface area contributed by atoms with Crippen LogP contribution in [-0.4, -0.2) is 18.9 Å². The fourth-order valence-electron chi connectivity index (χ4n) is 4.44. The predicted molar refractivity (Wildman–Crippen MR) is 123 cm³/mol. The van der Waals surface area contributed by atoms with E-state index in [2.05, 4.69) is 5.32 Å². The van der Waals surface area contributed by atoms with Crippen LogP contribution in [0, 0.1) is 0 Å². The largest absolute Gasteiger partial charge is 0.466 e. The second-order valence-corrected chi connectivity index (χ2v) is 9.01. The van der Waals surface area contributed by atoms with Crippen molar-refractivity contribution in [3.8, 4) is 0 Å². The molecule has 0 aromatic heterocycles. The van der Waals surface area contributed by atoms with Crippen molar-refractivity contribution < 1.29 is 14.3 Å². The monoisotopic (exact) mass is 475 g/mol. The molecule has 160 valence electrons. The summed E-state index contributed by atoms with van der Waals surface area (Å²) in [5.74, 6) is -1.13. The molecule has 1 N–H and O–H groups in total. The zero-order valence-corrected chi connectivity index (χ0v) is 19.2. The van der Waals surface area contributed by atoms with Gasteiger partial charge in [-0.1, -0.05) is 53.0 Å². The van der Waals surface area contributed by atoms with Gasteiger partial charge in [-0.25, -0.2) is 4.79 Å². The first kappa shape index (κ1) is 21.9. The lowest BCUT2D eigenvalue weighted by atomic mass is 9.71.